The molecule has 0 radical (unpaired) electrons. The molecule has 11 heteroatoms. The third-order valence-corrected chi connectivity index (χ3v) is 6.67. The first-order chi connectivity index (χ1) is 17.8. The Morgan fingerprint density at radius 3 is 2.31 bits per heavy atom. The molecule has 4 aromatic rings. The van der Waals surface area contributed by atoms with Crippen LogP contribution in [0.15, 0.2) is 85.3 Å². The zero-order valence-electron chi connectivity index (χ0n) is 20.6. The lowest BCUT2D eigenvalue weighted by atomic mass is 10.0. The van der Waals surface area contributed by atoms with Gasteiger partial charge in [0.05, 0.1) is 24.1 Å². The van der Waals surface area contributed by atoms with Crippen molar-refractivity contribution in [2.75, 3.05) is 24.5 Å². The number of anilines is 1. The van der Waals surface area contributed by atoms with Gasteiger partial charge in [0.25, 0.3) is 0 Å². The number of alkyl halides is 3. The first-order valence-corrected chi connectivity index (χ1v) is 12.2. The average molecular weight is 598 g/mol. The highest BCUT2D eigenvalue weighted by molar-refractivity contribution is 6.30. The van der Waals surface area contributed by atoms with E-state index in [0.29, 0.717) is 36.8 Å². The number of halogens is 6. The maximum absolute atomic E-state index is 13.1. The van der Waals surface area contributed by atoms with Crippen LogP contribution in [0.3, 0.4) is 0 Å². The Morgan fingerprint density at radius 1 is 0.872 bits per heavy atom. The lowest BCUT2D eigenvalue weighted by Crippen LogP contribution is -2.50. The zero-order chi connectivity index (χ0) is 26.0. The summed E-state index contributed by atoms with van der Waals surface area (Å²) in [6, 6.07) is 20.1. The molecule has 2 heterocycles. The summed E-state index contributed by atoms with van der Waals surface area (Å²) in [7, 11) is 0. The lowest BCUT2D eigenvalue weighted by Gasteiger charge is -2.34. The Morgan fingerprint density at radius 2 is 1.62 bits per heavy atom. The maximum atomic E-state index is 13.1. The van der Waals surface area contributed by atoms with E-state index >= 15 is 0 Å². The van der Waals surface area contributed by atoms with E-state index < -0.39 is 11.7 Å². The van der Waals surface area contributed by atoms with Gasteiger partial charge in [0.15, 0.2) is 0 Å². The number of benzene rings is 3. The third kappa shape index (κ3) is 7.33. The van der Waals surface area contributed by atoms with Crippen molar-refractivity contribution >= 4 is 48.0 Å². The molecule has 0 N–H and O–H groups in total. The Bertz CT molecular complexity index is 1410. The first-order valence-electron chi connectivity index (χ1n) is 11.8. The highest BCUT2D eigenvalue weighted by atomic mass is 35.5. The number of aromatic nitrogens is 2. The molecule has 0 bridgehead atoms. The second-order valence-corrected chi connectivity index (χ2v) is 9.46. The van der Waals surface area contributed by atoms with Gasteiger partial charge in [0.2, 0.25) is 5.91 Å². The van der Waals surface area contributed by atoms with Crippen molar-refractivity contribution in [2.24, 2.45) is 0 Å². The molecule has 39 heavy (non-hydrogen) atoms. The number of nitrogens with zero attached hydrogens (tertiary/aromatic N) is 4. The molecule has 5 rings (SSSR count). The standard InChI is InChI=1S/C28H24ClF3N4O.2ClH/c29-24-5-2-6-25(14-24)36-12-11-34(18-27(36)37)17-26-15-33-19-35(26)16-20-7-9-21(10-8-20)22-3-1-4-23(13-22)28(30,31)32;;/h1-10,13-15,19H,11-12,16-18H2;2*1H. The molecule has 0 unspecified atom stereocenters. The molecule has 1 aliphatic heterocycles. The lowest BCUT2D eigenvalue weighted by molar-refractivity contribution is -0.137. The van der Waals surface area contributed by atoms with E-state index in [0.717, 1.165) is 41.2 Å². The van der Waals surface area contributed by atoms with Crippen molar-refractivity contribution < 1.29 is 18.0 Å². The molecular formula is C28H26Cl3F3N4O. The van der Waals surface area contributed by atoms with Crippen LogP contribution in [0.25, 0.3) is 11.1 Å². The van der Waals surface area contributed by atoms with Crippen LogP contribution < -0.4 is 4.90 Å². The fraction of sp³-hybridized carbons (Fsp3) is 0.214. The quantitative estimate of drug-likeness (QED) is 0.241. The normalized spacial score (nSPS) is 14.1. The van der Waals surface area contributed by atoms with Gasteiger partial charge < -0.3 is 9.47 Å². The number of hydrogen-bond donors (Lipinski definition) is 0. The first kappa shape index (κ1) is 30.5. The Hall–Kier alpha value is -3.04. The van der Waals surface area contributed by atoms with Crippen molar-refractivity contribution in [3.8, 4) is 11.1 Å². The zero-order valence-corrected chi connectivity index (χ0v) is 23.0. The van der Waals surface area contributed by atoms with Gasteiger partial charge in [-0.1, -0.05) is 54.1 Å². The second-order valence-electron chi connectivity index (χ2n) is 9.02. The monoisotopic (exact) mass is 596 g/mol. The van der Waals surface area contributed by atoms with Crippen LogP contribution in [-0.4, -0.2) is 40.0 Å². The summed E-state index contributed by atoms with van der Waals surface area (Å²) in [4.78, 5) is 20.9. The van der Waals surface area contributed by atoms with Crippen molar-refractivity contribution in [3.63, 3.8) is 0 Å². The summed E-state index contributed by atoms with van der Waals surface area (Å²) in [5.41, 5.74) is 3.35. The Kier molecular flexibility index (Phi) is 10.1. The summed E-state index contributed by atoms with van der Waals surface area (Å²) >= 11 is 6.08. The molecule has 5 nitrogen and oxygen atoms in total. The highest BCUT2D eigenvalue weighted by Crippen LogP contribution is 2.32. The smallest absolute Gasteiger partial charge is 0.329 e. The van der Waals surface area contributed by atoms with Crippen LogP contribution in [0, 0.1) is 0 Å². The van der Waals surface area contributed by atoms with Crippen LogP contribution in [0.2, 0.25) is 5.02 Å². The molecule has 206 valence electrons. The van der Waals surface area contributed by atoms with Gasteiger partial charge in [0, 0.05) is 43.1 Å². The van der Waals surface area contributed by atoms with E-state index in [1.165, 1.54) is 6.07 Å². The van der Waals surface area contributed by atoms with Crippen molar-refractivity contribution in [3.05, 3.63) is 107 Å². The predicted molar refractivity (Wildman–Crippen MR) is 152 cm³/mol. The Labute approximate surface area is 242 Å². The summed E-state index contributed by atoms with van der Waals surface area (Å²) in [6.07, 6.45) is -0.828. The molecular weight excluding hydrogens is 572 g/mol. The van der Waals surface area contributed by atoms with E-state index in [-0.39, 0.29) is 30.7 Å². The molecule has 0 saturated carbocycles. The topological polar surface area (TPSA) is 41.4 Å². The number of amides is 1. The SMILES string of the molecule is Cl.Cl.O=C1CN(Cc2cncn2Cc2ccc(-c3cccc(C(F)(F)F)c3)cc2)CCN1c1cccc(Cl)c1. The van der Waals surface area contributed by atoms with Crippen LogP contribution in [0.1, 0.15) is 16.8 Å². The van der Waals surface area contributed by atoms with Gasteiger partial charge >= 0.3 is 6.18 Å². The molecule has 1 fully saturated rings. The van der Waals surface area contributed by atoms with Crippen molar-refractivity contribution in [1.29, 1.82) is 0 Å². The number of carbonyl (C=O) groups excluding carboxylic acids is 1. The summed E-state index contributed by atoms with van der Waals surface area (Å²) in [6.45, 7) is 2.73. The number of hydrogen-bond acceptors (Lipinski definition) is 3. The molecule has 0 aliphatic carbocycles. The number of imidazole rings is 1. The molecule has 1 amide bonds. The minimum Gasteiger partial charge on any atom is -0.329 e. The molecule has 0 spiro atoms. The fourth-order valence-corrected chi connectivity index (χ4v) is 4.68. The average Bonchev–Trinajstić information content (AvgIpc) is 3.30. The largest absolute Gasteiger partial charge is 0.416 e. The number of piperazine rings is 1. The third-order valence-electron chi connectivity index (χ3n) is 6.43. The molecule has 1 aromatic heterocycles. The molecule has 3 aromatic carbocycles. The summed E-state index contributed by atoms with van der Waals surface area (Å²) in [5, 5.41) is 0.597. The van der Waals surface area contributed by atoms with Crippen LogP contribution in [-0.2, 0) is 24.1 Å². The number of rotatable bonds is 6. The van der Waals surface area contributed by atoms with Gasteiger partial charge in [0.1, 0.15) is 0 Å². The molecule has 1 aliphatic rings. The van der Waals surface area contributed by atoms with Gasteiger partial charge in [-0.3, -0.25) is 9.69 Å². The van der Waals surface area contributed by atoms with Gasteiger partial charge in [-0.05, 0) is 47.0 Å². The van der Waals surface area contributed by atoms with E-state index in [1.807, 2.05) is 41.0 Å². The summed E-state index contributed by atoms with van der Waals surface area (Å²) in [5.74, 6) is 0.0183. The predicted octanol–water partition coefficient (Wildman–Crippen LogP) is 6.96. The van der Waals surface area contributed by atoms with Gasteiger partial charge in [-0.15, -0.1) is 24.8 Å². The maximum Gasteiger partial charge on any atom is 0.416 e. The van der Waals surface area contributed by atoms with Crippen molar-refractivity contribution in [2.45, 2.75) is 19.3 Å². The Balaban J connectivity index is 0.00000210. The second kappa shape index (κ2) is 12.9. The molecule has 1 saturated heterocycles. The van der Waals surface area contributed by atoms with E-state index in [9.17, 15) is 18.0 Å². The van der Waals surface area contributed by atoms with Gasteiger partial charge in [-0.2, -0.15) is 13.2 Å². The van der Waals surface area contributed by atoms with Crippen LogP contribution >= 0.6 is 36.4 Å². The van der Waals surface area contributed by atoms with Crippen LogP contribution in [0.5, 0.6) is 0 Å². The van der Waals surface area contributed by atoms with E-state index in [1.54, 1.807) is 35.6 Å². The fourth-order valence-electron chi connectivity index (χ4n) is 4.50. The number of carbonyl (C=O) groups is 1. The van der Waals surface area contributed by atoms with E-state index in [4.69, 9.17) is 11.6 Å². The van der Waals surface area contributed by atoms with Gasteiger partial charge in [-0.25, -0.2) is 4.98 Å². The minimum atomic E-state index is -4.37. The van der Waals surface area contributed by atoms with Crippen molar-refractivity contribution in [1.82, 2.24) is 14.5 Å². The van der Waals surface area contributed by atoms with E-state index in [2.05, 4.69) is 9.88 Å². The highest BCUT2D eigenvalue weighted by Gasteiger charge is 2.30. The van der Waals surface area contributed by atoms with Crippen LogP contribution in [0.4, 0.5) is 18.9 Å². The minimum absolute atomic E-state index is 0. The molecule has 0 atom stereocenters. The summed E-state index contributed by atoms with van der Waals surface area (Å²) < 4.78 is 41.2.